The fourth-order valence-corrected chi connectivity index (χ4v) is 6.02. The Labute approximate surface area is 238 Å². The Balaban J connectivity index is 1.51. The predicted octanol–water partition coefficient (Wildman–Crippen LogP) is 9.69. The quantitative estimate of drug-likeness (QED) is 0.222. The molecule has 0 fully saturated rings. The molecule has 2 aromatic rings. The first-order valence-electron chi connectivity index (χ1n) is 15.5. The van der Waals surface area contributed by atoms with Gasteiger partial charge < -0.3 is 20.3 Å². The van der Waals surface area contributed by atoms with E-state index in [-0.39, 0.29) is 5.60 Å². The van der Waals surface area contributed by atoms with E-state index in [1.807, 2.05) is 31.2 Å². The lowest BCUT2D eigenvalue weighted by atomic mass is 9.83. The van der Waals surface area contributed by atoms with Crippen molar-refractivity contribution in [3.63, 3.8) is 0 Å². The van der Waals surface area contributed by atoms with E-state index in [2.05, 4.69) is 41.5 Å². The summed E-state index contributed by atoms with van der Waals surface area (Å²) in [5.74, 6) is 4.49. The zero-order valence-corrected chi connectivity index (χ0v) is 25.9. The van der Waals surface area contributed by atoms with E-state index < -0.39 is 0 Å². The van der Waals surface area contributed by atoms with Crippen LogP contribution in [0.25, 0.3) is 0 Å². The molecule has 0 radical (unpaired) electrons. The molecule has 0 aromatic heterocycles. The first kappa shape index (κ1) is 31.2. The van der Waals surface area contributed by atoms with Gasteiger partial charge in [-0.05, 0) is 99.6 Å². The number of benzene rings is 2. The average molecular weight is 538 g/mol. The highest BCUT2D eigenvalue weighted by Crippen LogP contribution is 2.45. The lowest BCUT2D eigenvalue weighted by molar-refractivity contribution is 0.0507. The Morgan fingerprint density at radius 3 is 2.10 bits per heavy atom. The number of ether oxygens (including phenoxy) is 2. The third kappa shape index (κ3) is 9.08. The highest BCUT2D eigenvalue weighted by molar-refractivity contribution is 5.59. The summed E-state index contributed by atoms with van der Waals surface area (Å²) in [6, 6.07) is 7.39. The molecule has 1 aliphatic rings. The monoisotopic (exact) mass is 537 g/mol. The zero-order chi connectivity index (χ0) is 28.6. The third-order valence-corrected chi connectivity index (χ3v) is 8.97. The molecule has 0 unspecified atom stereocenters. The van der Waals surface area contributed by atoms with Gasteiger partial charge in [-0.2, -0.15) is 0 Å². The molecule has 0 amide bonds. The van der Waals surface area contributed by atoms with E-state index in [9.17, 15) is 5.11 Å². The van der Waals surface area contributed by atoms with Crippen LogP contribution in [-0.4, -0.2) is 10.7 Å². The van der Waals surface area contributed by atoms with Crippen LogP contribution in [0.4, 0.5) is 5.69 Å². The second-order valence-electron chi connectivity index (χ2n) is 13.2. The van der Waals surface area contributed by atoms with Gasteiger partial charge in [0, 0.05) is 16.8 Å². The summed E-state index contributed by atoms with van der Waals surface area (Å²) < 4.78 is 12.8. The minimum absolute atomic E-state index is 0.166. The van der Waals surface area contributed by atoms with Gasteiger partial charge in [0.15, 0.2) is 0 Å². The molecule has 0 bridgehead atoms. The molecule has 0 aliphatic carbocycles. The van der Waals surface area contributed by atoms with Crippen LogP contribution >= 0.6 is 0 Å². The van der Waals surface area contributed by atoms with Gasteiger partial charge in [-0.15, -0.1) is 0 Å². The minimum Gasteiger partial charge on any atom is -0.507 e. The maximum Gasteiger partial charge on any atom is 0.127 e. The largest absolute Gasteiger partial charge is 0.507 e. The van der Waals surface area contributed by atoms with Gasteiger partial charge in [0.05, 0.1) is 0 Å². The molecule has 218 valence electrons. The van der Waals surface area contributed by atoms with E-state index in [4.69, 9.17) is 15.2 Å². The molecule has 4 nitrogen and oxygen atoms in total. The first-order chi connectivity index (χ1) is 18.5. The number of rotatable bonds is 15. The molecule has 39 heavy (non-hydrogen) atoms. The van der Waals surface area contributed by atoms with Crippen molar-refractivity contribution in [1.82, 2.24) is 0 Å². The van der Waals surface area contributed by atoms with Crippen LogP contribution in [0.2, 0.25) is 0 Å². The molecule has 3 N–H and O–H groups in total. The van der Waals surface area contributed by atoms with E-state index in [1.165, 1.54) is 51.4 Å². The van der Waals surface area contributed by atoms with Gasteiger partial charge in [-0.3, -0.25) is 0 Å². The molecular weight excluding hydrogens is 482 g/mol. The molecule has 0 saturated heterocycles. The van der Waals surface area contributed by atoms with Gasteiger partial charge in [0.1, 0.15) is 29.5 Å². The summed E-state index contributed by atoms with van der Waals surface area (Å²) in [7, 11) is 0. The number of fused-ring (bicyclic) bond motifs is 1. The van der Waals surface area contributed by atoms with Gasteiger partial charge in [-0.25, -0.2) is 0 Å². The summed E-state index contributed by atoms with van der Waals surface area (Å²) in [5.41, 5.74) is 10.2. The fourth-order valence-electron chi connectivity index (χ4n) is 6.02. The van der Waals surface area contributed by atoms with E-state index in [0.717, 1.165) is 70.8 Å². The van der Waals surface area contributed by atoms with Crippen LogP contribution in [0, 0.1) is 31.6 Å². The van der Waals surface area contributed by atoms with Crippen LogP contribution in [0.5, 0.6) is 17.2 Å². The van der Waals surface area contributed by atoms with E-state index in [1.54, 1.807) is 0 Å². The number of aromatic hydroxyl groups is 1. The Kier molecular flexibility index (Phi) is 11.4. The molecule has 0 saturated carbocycles. The Hall–Kier alpha value is -2.36. The maximum absolute atomic E-state index is 11.0. The third-order valence-electron chi connectivity index (χ3n) is 8.97. The number of nitrogen functional groups attached to an aromatic ring is 1. The predicted molar refractivity (Wildman–Crippen MR) is 165 cm³/mol. The normalized spacial score (nSPS) is 18.5. The van der Waals surface area contributed by atoms with Crippen LogP contribution in [0.15, 0.2) is 24.3 Å². The van der Waals surface area contributed by atoms with Gasteiger partial charge in [0.2, 0.25) is 0 Å². The van der Waals surface area contributed by atoms with Crippen molar-refractivity contribution in [2.24, 2.45) is 17.8 Å². The Morgan fingerprint density at radius 2 is 1.49 bits per heavy atom. The second-order valence-corrected chi connectivity index (χ2v) is 13.2. The first-order valence-corrected chi connectivity index (χ1v) is 15.5. The summed E-state index contributed by atoms with van der Waals surface area (Å²) >= 11 is 0. The molecule has 1 heterocycles. The number of nitrogens with two attached hydrogens (primary N) is 1. The van der Waals surface area contributed by atoms with Gasteiger partial charge in [-0.1, -0.05) is 72.6 Å². The van der Waals surface area contributed by atoms with Crippen molar-refractivity contribution in [2.75, 3.05) is 5.73 Å². The van der Waals surface area contributed by atoms with Crippen LogP contribution < -0.4 is 15.2 Å². The number of phenols is 1. The highest BCUT2D eigenvalue weighted by atomic mass is 16.5. The topological polar surface area (TPSA) is 64.7 Å². The number of phenolic OH excluding ortho intramolecular Hbond substituents is 1. The van der Waals surface area contributed by atoms with Crippen molar-refractivity contribution in [3.05, 3.63) is 46.5 Å². The van der Waals surface area contributed by atoms with Crippen molar-refractivity contribution < 1.29 is 14.6 Å². The van der Waals surface area contributed by atoms with E-state index in [0.29, 0.717) is 18.0 Å². The smallest absolute Gasteiger partial charge is 0.127 e. The number of anilines is 1. The highest BCUT2D eigenvalue weighted by Gasteiger charge is 2.35. The van der Waals surface area contributed by atoms with Crippen molar-refractivity contribution in [1.29, 1.82) is 0 Å². The van der Waals surface area contributed by atoms with Crippen molar-refractivity contribution >= 4 is 5.69 Å². The minimum atomic E-state index is -0.166. The van der Waals surface area contributed by atoms with Gasteiger partial charge in [0.25, 0.3) is 0 Å². The summed E-state index contributed by atoms with van der Waals surface area (Å²) in [4.78, 5) is 0. The fraction of sp³-hybridized carbons (Fsp3) is 0.657. The van der Waals surface area contributed by atoms with Crippen LogP contribution in [0.3, 0.4) is 0 Å². The molecule has 2 aromatic carbocycles. The summed E-state index contributed by atoms with van der Waals surface area (Å²) in [6.45, 7) is 16.1. The van der Waals surface area contributed by atoms with E-state index >= 15 is 0 Å². The zero-order valence-electron chi connectivity index (χ0n) is 25.9. The van der Waals surface area contributed by atoms with Crippen LogP contribution in [0.1, 0.15) is 121 Å². The number of hydrogen-bond donors (Lipinski definition) is 2. The summed E-state index contributed by atoms with van der Waals surface area (Å²) in [5, 5.41) is 11.0. The van der Waals surface area contributed by atoms with Crippen molar-refractivity contribution in [2.45, 2.75) is 131 Å². The maximum atomic E-state index is 11.0. The molecule has 3 atom stereocenters. The molecule has 3 rings (SSSR count). The standard InChI is InChI=1S/C35H55NO3/c1-24(2)11-8-12-25(3)13-9-14-26(4)15-10-21-35(7)22-20-31-32(23-38-30-18-16-29(36)17-19-30)33(37)27(5)28(6)34(31)39-35/h16-19,24-26,37H,8-15,20-23,36H2,1-7H3/t25-,26-,35-/m1/s1. The lowest BCUT2D eigenvalue weighted by Crippen LogP contribution is -2.37. The van der Waals surface area contributed by atoms with Gasteiger partial charge >= 0.3 is 0 Å². The Bertz CT molecular complexity index is 1050. The Morgan fingerprint density at radius 1 is 0.897 bits per heavy atom. The average Bonchev–Trinajstić information content (AvgIpc) is 2.88. The lowest BCUT2D eigenvalue weighted by Gasteiger charge is -2.38. The molecule has 1 aliphatic heterocycles. The molecule has 4 heteroatoms. The van der Waals surface area contributed by atoms with Crippen molar-refractivity contribution in [3.8, 4) is 17.2 Å². The number of hydrogen-bond acceptors (Lipinski definition) is 4. The SMILES string of the molecule is Cc1c(C)c2c(c(COc3ccc(N)cc3)c1O)CC[C@@](C)(CCC[C@H](C)CCC[C@H](C)CCCC(C)C)O2. The van der Waals surface area contributed by atoms with Crippen LogP contribution in [-0.2, 0) is 13.0 Å². The molecule has 0 spiro atoms. The molecular formula is C35H55NO3. The second kappa shape index (κ2) is 14.3. The summed E-state index contributed by atoms with van der Waals surface area (Å²) in [6.07, 6.45) is 13.6.